The van der Waals surface area contributed by atoms with Crippen molar-refractivity contribution >= 4 is 11.8 Å². The van der Waals surface area contributed by atoms with Gasteiger partial charge in [-0.3, -0.25) is 9.59 Å². The quantitative estimate of drug-likeness (QED) is 0.711. The Bertz CT molecular complexity index is 847. The molecule has 0 aliphatic carbocycles. The van der Waals surface area contributed by atoms with Crippen LogP contribution in [0.5, 0.6) is 5.75 Å². The Kier molecular flexibility index (Phi) is 6.91. The number of benzene rings is 2. The van der Waals surface area contributed by atoms with E-state index in [1.165, 1.54) is 11.1 Å². The van der Waals surface area contributed by atoms with Crippen LogP contribution >= 0.6 is 0 Å². The Hall–Kier alpha value is -2.82. The van der Waals surface area contributed by atoms with Crippen molar-refractivity contribution in [3.63, 3.8) is 0 Å². The normalized spacial score (nSPS) is 15.6. The van der Waals surface area contributed by atoms with E-state index >= 15 is 0 Å². The number of fused-ring (bicyclic) bond motifs is 1. The monoisotopic (exact) mass is 394 g/mol. The molecule has 1 heterocycles. The highest BCUT2D eigenvalue weighted by Gasteiger charge is 2.29. The number of rotatable bonds is 7. The molecule has 5 heteroatoms. The van der Waals surface area contributed by atoms with Crippen LogP contribution in [0.25, 0.3) is 0 Å². The van der Waals surface area contributed by atoms with Gasteiger partial charge in [0.1, 0.15) is 12.3 Å². The minimum absolute atomic E-state index is 0.00460. The zero-order valence-corrected chi connectivity index (χ0v) is 17.6. The van der Waals surface area contributed by atoms with Gasteiger partial charge in [0.05, 0.1) is 13.2 Å². The number of methoxy groups -OCH3 is 1. The maximum Gasteiger partial charge on any atom is 0.254 e. The molecular formula is C24H30N2O3. The largest absolute Gasteiger partial charge is 0.497 e. The molecule has 2 aromatic carbocycles. The number of carbonyl (C=O) groups is 2. The summed E-state index contributed by atoms with van der Waals surface area (Å²) in [5.74, 6) is 0.600. The molecule has 3 rings (SSSR count). The topological polar surface area (TPSA) is 49.9 Å². The van der Waals surface area contributed by atoms with E-state index in [0.29, 0.717) is 24.4 Å². The molecule has 0 spiro atoms. The van der Waals surface area contributed by atoms with Gasteiger partial charge in [-0.25, -0.2) is 0 Å². The first-order chi connectivity index (χ1) is 14.0. The zero-order valence-electron chi connectivity index (χ0n) is 17.6. The summed E-state index contributed by atoms with van der Waals surface area (Å²) in [7, 11) is 1.60. The summed E-state index contributed by atoms with van der Waals surface area (Å²) >= 11 is 0. The number of ether oxygens (including phenoxy) is 1. The third-order valence-electron chi connectivity index (χ3n) is 5.65. The van der Waals surface area contributed by atoms with Crippen LogP contribution in [0.15, 0.2) is 48.5 Å². The smallest absolute Gasteiger partial charge is 0.254 e. The van der Waals surface area contributed by atoms with Gasteiger partial charge < -0.3 is 14.5 Å². The van der Waals surface area contributed by atoms with E-state index in [2.05, 4.69) is 26.0 Å². The summed E-state index contributed by atoms with van der Waals surface area (Å²) in [5.41, 5.74) is 3.08. The van der Waals surface area contributed by atoms with E-state index in [1.54, 1.807) is 36.3 Å². The lowest BCUT2D eigenvalue weighted by Crippen LogP contribution is -2.46. The van der Waals surface area contributed by atoms with Gasteiger partial charge in [0.25, 0.3) is 5.91 Å². The summed E-state index contributed by atoms with van der Waals surface area (Å²) in [6, 6.07) is 15.4. The van der Waals surface area contributed by atoms with Gasteiger partial charge in [-0.05, 0) is 55.2 Å². The van der Waals surface area contributed by atoms with E-state index in [1.807, 2.05) is 17.0 Å². The lowest BCUT2D eigenvalue weighted by molar-refractivity contribution is -0.134. The van der Waals surface area contributed by atoms with Gasteiger partial charge in [0.15, 0.2) is 0 Å². The Morgan fingerprint density at radius 2 is 1.86 bits per heavy atom. The predicted octanol–water partition coefficient (Wildman–Crippen LogP) is 4.08. The molecule has 1 aliphatic heterocycles. The van der Waals surface area contributed by atoms with Crippen LogP contribution in [0.2, 0.25) is 0 Å². The molecule has 5 nitrogen and oxygen atoms in total. The van der Waals surface area contributed by atoms with E-state index < -0.39 is 0 Å². The highest BCUT2D eigenvalue weighted by molar-refractivity contribution is 5.96. The zero-order chi connectivity index (χ0) is 20.8. The van der Waals surface area contributed by atoms with Crippen LogP contribution in [0.4, 0.5) is 0 Å². The molecule has 0 aromatic heterocycles. The van der Waals surface area contributed by atoms with Gasteiger partial charge in [0, 0.05) is 18.7 Å². The van der Waals surface area contributed by atoms with Crippen molar-refractivity contribution in [2.45, 2.75) is 39.2 Å². The molecule has 2 aromatic rings. The number of hydrogen-bond acceptors (Lipinski definition) is 3. The average molecular weight is 395 g/mol. The number of hydrogen-bond donors (Lipinski definition) is 0. The van der Waals surface area contributed by atoms with Crippen molar-refractivity contribution in [1.82, 2.24) is 9.80 Å². The van der Waals surface area contributed by atoms with E-state index in [4.69, 9.17) is 4.74 Å². The summed E-state index contributed by atoms with van der Waals surface area (Å²) in [6.45, 7) is 5.53. The minimum atomic E-state index is -0.112. The molecule has 0 fully saturated rings. The van der Waals surface area contributed by atoms with Gasteiger partial charge >= 0.3 is 0 Å². The molecule has 29 heavy (non-hydrogen) atoms. The Labute approximate surface area is 173 Å². The Morgan fingerprint density at radius 1 is 1.14 bits per heavy atom. The summed E-state index contributed by atoms with van der Waals surface area (Å²) in [4.78, 5) is 29.8. The van der Waals surface area contributed by atoms with Crippen molar-refractivity contribution in [3.05, 3.63) is 65.2 Å². The first-order valence-corrected chi connectivity index (χ1v) is 10.4. The van der Waals surface area contributed by atoms with Crippen molar-refractivity contribution in [3.8, 4) is 5.75 Å². The van der Waals surface area contributed by atoms with E-state index in [-0.39, 0.29) is 24.4 Å². The standard InChI is InChI=1S/C24H30N2O3/c1-4-5-15-25(24(28)20-10-12-21(29-3)13-11-20)17-23(27)26-16-14-19-8-6-7-9-22(19)18(26)2/h6-13,18H,4-5,14-17H2,1-3H3. The third-order valence-corrected chi connectivity index (χ3v) is 5.65. The van der Waals surface area contributed by atoms with Gasteiger partial charge in [-0.1, -0.05) is 37.6 Å². The molecule has 0 N–H and O–H groups in total. The first kappa shape index (κ1) is 20.9. The van der Waals surface area contributed by atoms with Crippen molar-refractivity contribution < 1.29 is 14.3 Å². The van der Waals surface area contributed by atoms with E-state index in [0.717, 1.165) is 19.3 Å². The molecule has 2 amide bonds. The Morgan fingerprint density at radius 3 is 2.55 bits per heavy atom. The molecular weight excluding hydrogens is 364 g/mol. The van der Waals surface area contributed by atoms with E-state index in [9.17, 15) is 9.59 Å². The SMILES string of the molecule is CCCCN(CC(=O)N1CCc2ccccc2C1C)C(=O)c1ccc(OC)cc1. The van der Waals surface area contributed by atoms with Crippen LogP contribution in [0.3, 0.4) is 0 Å². The minimum Gasteiger partial charge on any atom is -0.497 e. The summed E-state index contributed by atoms with van der Waals surface area (Å²) in [5, 5.41) is 0. The second-order valence-corrected chi connectivity index (χ2v) is 7.52. The molecule has 0 radical (unpaired) electrons. The fourth-order valence-electron chi connectivity index (χ4n) is 3.88. The average Bonchev–Trinajstić information content (AvgIpc) is 2.76. The predicted molar refractivity (Wildman–Crippen MR) is 114 cm³/mol. The van der Waals surface area contributed by atoms with Crippen molar-refractivity contribution in [2.24, 2.45) is 0 Å². The molecule has 1 aliphatic rings. The van der Waals surface area contributed by atoms with Crippen LogP contribution in [0, 0.1) is 0 Å². The van der Waals surface area contributed by atoms with Crippen molar-refractivity contribution in [2.75, 3.05) is 26.7 Å². The second-order valence-electron chi connectivity index (χ2n) is 7.52. The second kappa shape index (κ2) is 9.59. The Balaban J connectivity index is 1.74. The van der Waals surface area contributed by atoms with Crippen LogP contribution < -0.4 is 4.74 Å². The number of nitrogens with zero attached hydrogens (tertiary/aromatic N) is 2. The number of carbonyl (C=O) groups excluding carboxylic acids is 2. The van der Waals surface area contributed by atoms with Gasteiger partial charge in [-0.2, -0.15) is 0 Å². The summed E-state index contributed by atoms with van der Waals surface area (Å²) in [6.07, 6.45) is 2.69. The highest BCUT2D eigenvalue weighted by Crippen LogP contribution is 2.29. The third kappa shape index (κ3) is 4.78. The van der Waals surface area contributed by atoms with Crippen LogP contribution in [-0.4, -0.2) is 48.4 Å². The molecule has 1 atom stereocenters. The number of amides is 2. The maximum atomic E-state index is 13.1. The molecule has 1 unspecified atom stereocenters. The molecule has 0 saturated carbocycles. The summed E-state index contributed by atoms with van der Waals surface area (Å²) < 4.78 is 5.17. The molecule has 154 valence electrons. The maximum absolute atomic E-state index is 13.1. The highest BCUT2D eigenvalue weighted by atomic mass is 16.5. The van der Waals surface area contributed by atoms with Crippen LogP contribution in [-0.2, 0) is 11.2 Å². The van der Waals surface area contributed by atoms with Crippen molar-refractivity contribution in [1.29, 1.82) is 0 Å². The fraction of sp³-hybridized carbons (Fsp3) is 0.417. The lowest BCUT2D eigenvalue weighted by Gasteiger charge is -2.36. The first-order valence-electron chi connectivity index (χ1n) is 10.4. The lowest BCUT2D eigenvalue weighted by atomic mass is 9.93. The van der Waals surface area contributed by atoms with Crippen LogP contribution in [0.1, 0.15) is 54.2 Å². The number of unbranched alkanes of at least 4 members (excludes halogenated alkanes) is 1. The van der Waals surface area contributed by atoms with Gasteiger partial charge in [-0.15, -0.1) is 0 Å². The molecule has 0 saturated heterocycles. The van der Waals surface area contributed by atoms with Gasteiger partial charge in [0.2, 0.25) is 5.91 Å². The molecule has 0 bridgehead atoms. The fourth-order valence-corrected chi connectivity index (χ4v) is 3.88.